The molecule has 0 saturated heterocycles. The molecule has 5 nitrogen and oxygen atoms in total. The average Bonchev–Trinajstić information content (AvgIpc) is 2.90. The highest BCUT2D eigenvalue weighted by Gasteiger charge is 2.08. The molecule has 3 aromatic rings. The van der Waals surface area contributed by atoms with E-state index in [-0.39, 0.29) is 12.5 Å². The number of anilines is 1. The average molecular weight is 302 g/mol. The van der Waals surface area contributed by atoms with Gasteiger partial charge in [0.05, 0.1) is 11.7 Å². The number of nitrogens with one attached hydrogen (secondary N) is 1. The first-order chi connectivity index (χ1) is 10.2. The number of rotatable bonds is 4. The second-order valence-electron chi connectivity index (χ2n) is 4.37. The highest BCUT2D eigenvalue weighted by Crippen LogP contribution is 2.15. The van der Waals surface area contributed by atoms with E-state index in [2.05, 4.69) is 10.3 Å². The summed E-state index contributed by atoms with van der Waals surface area (Å²) in [5.41, 5.74) is 0.909. The van der Waals surface area contributed by atoms with E-state index in [9.17, 15) is 4.79 Å². The van der Waals surface area contributed by atoms with Crippen LogP contribution in [0.3, 0.4) is 0 Å². The van der Waals surface area contributed by atoms with Crippen LogP contribution in [0.2, 0.25) is 5.02 Å². The molecule has 21 heavy (non-hydrogen) atoms. The van der Waals surface area contributed by atoms with Gasteiger partial charge in [-0.05, 0) is 36.4 Å². The van der Waals surface area contributed by atoms with Crippen molar-refractivity contribution < 1.29 is 9.53 Å². The third kappa shape index (κ3) is 3.14. The summed E-state index contributed by atoms with van der Waals surface area (Å²) in [5.74, 6) is 0.777. The van der Waals surface area contributed by atoms with E-state index in [0.717, 1.165) is 5.52 Å². The lowest BCUT2D eigenvalue weighted by atomic mass is 10.3. The Morgan fingerprint density at radius 1 is 1.24 bits per heavy atom. The van der Waals surface area contributed by atoms with Gasteiger partial charge < -0.3 is 4.74 Å². The molecular weight excluding hydrogens is 290 g/mol. The van der Waals surface area contributed by atoms with Gasteiger partial charge in [0, 0.05) is 11.2 Å². The molecular formula is C15H12ClN3O2. The summed E-state index contributed by atoms with van der Waals surface area (Å²) in [4.78, 5) is 16.0. The number of aromatic nitrogens is 2. The van der Waals surface area contributed by atoms with Gasteiger partial charge in [-0.25, -0.2) is 4.98 Å². The number of hydrogen-bond acceptors (Lipinski definition) is 3. The molecule has 1 N–H and O–H groups in total. The number of carbonyl (C=O) groups excluding carboxylic acids is 1. The maximum absolute atomic E-state index is 11.9. The first kappa shape index (κ1) is 13.5. The molecule has 0 radical (unpaired) electrons. The molecule has 0 spiro atoms. The normalized spacial score (nSPS) is 10.5. The highest BCUT2D eigenvalue weighted by atomic mass is 35.5. The maximum Gasteiger partial charge on any atom is 0.264 e. The molecule has 3 rings (SSSR count). The van der Waals surface area contributed by atoms with E-state index in [4.69, 9.17) is 16.3 Å². The molecule has 0 atom stereocenters. The zero-order valence-electron chi connectivity index (χ0n) is 11.0. The highest BCUT2D eigenvalue weighted by molar-refractivity contribution is 6.30. The van der Waals surface area contributed by atoms with Gasteiger partial charge in [0.15, 0.2) is 6.61 Å². The lowest BCUT2D eigenvalue weighted by Gasteiger charge is -2.07. The minimum absolute atomic E-state index is 0.0939. The van der Waals surface area contributed by atoms with Crippen LogP contribution < -0.4 is 10.1 Å². The van der Waals surface area contributed by atoms with E-state index in [0.29, 0.717) is 16.7 Å². The van der Waals surface area contributed by atoms with E-state index in [1.165, 1.54) is 0 Å². The number of nitrogens with zero attached hydrogens (tertiary/aromatic N) is 2. The summed E-state index contributed by atoms with van der Waals surface area (Å²) in [6.45, 7) is -0.0939. The van der Waals surface area contributed by atoms with Gasteiger partial charge >= 0.3 is 0 Å². The Hall–Kier alpha value is -2.53. The Morgan fingerprint density at radius 3 is 2.86 bits per heavy atom. The van der Waals surface area contributed by atoms with Crippen molar-refractivity contribution in [3.05, 3.63) is 59.9 Å². The number of carbonyl (C=O) groups is 1. The lowest BCUT2D eigenvalue weighted by molar-refractivity contribution is -0.118. The predicted octanol–water partition coefficient (Wildman–Crippen LogP) is 3.01. The standard InChI is InChI=1S/C15H12ClN3O2/c16-11-4-6-13(7-5-11)21-10-14(20)18-15-17-9-12-3-1-2-8-19(12)15/h1-9H,10H2,(H,17,18,20). The van der Waals surface area contributed by atoms with Crippen molar-refractivity contribution in [3.63, 3.8) is 0 Å². The minimum Gasteiger partial charge on any atom is -0.484 e. The van der Waals surface area contributed by atoms with Crippen LogP contribution >= 0.6 is 11.6 Å². The smallest absolute Gasteiger partial charge is 0.264 e. The Balaban J connectivity index is 1.62. The molecule has 6 heteroatoms. The number of imidazole rings is 1. The van der Waals surface area contributed by atoms with Crippen LogP contribution in [0.15, 0.2) is 54.9 Å². The van der Waals surface area contributed by atoms with Gasteiger partial charge in [0.1, 0.15) is 5.75 Å². The third-order valence-corrected chi connectivity index (χ3v) is 3.13. The molecule has 0 aliphatic heterocycles. The summed E-state index contributed by atoms with van der Waals surface area (Å²) < 4.78 is 7.17. The van der Waals surface area contributed by atoms with E-state index in [1.807, 2.05) is 24.4 Å². The first-order valence-electron chi connectivity index (χ1n) is 6.33. The van der Waals surface area contributed by atoms with Gasteiger partial charge in [0.25, 0.3) is 5.91 Å². The minimum atomic E-state index is -0.277. The van der Waals surface area contributed by atoms with E-state index in [1.54, 1.807) is 34.9 Å². The molecule has 0 fully saturated rings. The number of amides is 1. The van der Waals surface area contributed by atoms with E-state index >= 15 is 0 Å². The van der Waals surface area contributed by atoms with Gasteiger partial charge in [-0.2, -0.15) is 0 Å². The topological polar surface area (TPSA) is 55.6 Å². The van der Waals surface area contributed by atoms with Crippen molar-refractivity contribution >= 4 is 29.0 Å². The van der Waals surface area contributed by atoms with Crippen LogP contribution in [0.4, 0.5) is 5.95 Å². The fourth-order valence-corrected chi connectivity index (χ4v) is 2.00. The fourth-order valence-electron chi connectivity index (χ4n) is 1.88. The Labute approximate surface area is 126 Å². The van der Waals surface area contributed by atoms with Gasteiger partial charge in [-0.1, -0.05) is 17.7 Å². The van der Waals surface area contributed by atoms with E-state index < -0.39 is 0 Å². The molecule has 2 heterocycles. The molecule has 0 aliphatic carbocycles. The molecule has 0 saturated carbocycles. The SMILES string of the molecule is O=C(COc1ccc(Cl)cc1)Nc1ncc2ccccn12. The summed E-state index contributed by atoms with van der Waals surface area (Å²) in [7, 11) is 0. The number of pyridine rings is 1. The van der Waals surface area contributed by atoms with Gasteiger partial charge in [-0.3, -0.25) is 14.5 Å². The molecule has 0 aliphatic rings. The zero-order chi connectivity index (χ0) is 14.7. The molecule has 0 unspecified atom stereocenters. The quantitative estimate of drug-likeness (QED) is 0.806. The molecule has 106 valence electrons. The summed E-state index contributed by atoms with van der Waals surface area (Å²) >= 11 is 5.78. The molecule has 1 amide bonds. The van der Waals surface area contributed by atoms with Crippen LogP contribution in [-0.4, -0.2) is 21.9 Å². The van der Waals surface area contributed by atoms with Crippen LogP contribution in [-0.2, 0) is 4.79 Å². The van der Waals surface area contributed by atoms with Crippen LogP contribution in [0.5, 0.6) is 5.75 Å². The predicted molar refractivity (Wildman–Crippen MR) is 80.8 cm³/mol. The Morgan fingerprint density at radius 2 is 2.05 bits per heavy atom. The van der Waals surface area contributed by atoms with Crippen molar-refractivity contribution in [2.75, 3.05) is 11.9 Å². The number of ether oxygens (including phenoxy) is 1. The molecule has 1 aromatic carbocycles. The molecule has 0 bridgehead atoms. The number of halogens is 1. The number of hydrogen-bond donors (Lipinski definition) is 1. The van der Waals surface area contributed by atoms with Gasteiger partial charge in [-0.15, -0.1) is 0 Å². The molecule has 2 aromatic heterocycles. The Kier molecular flexibility index (Phi) is 3.75. The van der Waals surface area contributed by atoms with Crippen molar-refractivity contribution in [2.45, 2.75) is 0 Å². The van der Waals surface area contributed by atoms with Crippen LogP contribution in [0, 0.1) is 0 Å². The summed E-state index contributed by atoms with van der Waals surface area (Å²) in [6, 6.07) is 12.5. The number of benzene rings is 1. The van der Waals surface area contributed by atoms with Crippen molar-refractivity contribution in [3.8, 4) is 5.75 Å². The van der Waals surface area contributed by atoms with Crippen molar-refractivity contribution in [1.29, 1.82) is 0 Å². The van der Waals surface area contributed by atoms with Crippen LogP contribution in [0.1, 0.15) is 0 Å². The first-order valence-corrected chi connectivity index (χ1v) is 6.70. The summed E-state index contributed by atoms with van der Waals surface area (Å²) in [5, 5.41) is 3.33. The summed E-state index contributed by atoms with van der Waals surface area (Å²) in [6.07, 6.45) is 3.52. The monoisotopic (exact) mass is 301 g/mol. The van der Waals surface area contributed by atoms with Gasteiger partial charge in [0.2, 0.25) is 5.95 Å². The Bertz CT molecular complexity index is 768. The zero-order valence-corrected chi connectivity index (χ0v) is 11.7. The fraction of sp³-hybridized carbons (Fsp3) is 0.0667. The van der Waals surface area contributed by atoms with Crippen molar-refractivity contribution in [1.82, 2.24) is 9.38 Å². The number of fused-ring (bicyclic) bond motifs is 1. The largest absolute Gasteiger partial charge is 0.484 e. The third-order valence-electron chi connectivity index (χ3n) is 2.87. The van der Waals surface area contributed by atoms with Crippen molar-refractivity contribution in [2.24, 2.45) is 0 Å². The second kappa shape index (κ2) is 5.85. The lowest BCUT2D eigenvalue weighted by Crippen LogP contribution is -2.21. The maximum atomic E-state index is 11.9. The van der Waals surface area contributed by atoms with Crippen LogP contribution in [0.25, 0.3) is 5.52 Å². The second-order valence-corrected chi connectivity index (χ2v) is 4.80.